The molecular formula is C30H66N8O15. The topological polar surface area (TPSA) is 489 Å². The molecule has 23 nitrogen and oxygen atoms in total. The lowest BCUT2D eigenvalue weighted by molar-refractivity contribution is -0.141. The number of hydrogen-bond donors (Lipinski definition) is 16. The van der Waals surface area contributed by atoms with E-state index in [1.807, 2.05) is 13.8 Å². The lowest BCUT2D eigenvalue weighted by Crippen LogP contribution is -2.39. The highest BCUT2D eigenvalue weighted by Gasteiger charge is 2.17. The number of aliphatic hydroxyl groups is 2. The van der Waals surface area contributed by atoms with Crippen molar-refractivity contribution in [1.29, 1.82) is 0 Å². The van der Waals surface area contributed by atoms with Crippen LogP contribution in [0.2, 0.25) is 0 Å². The van der Waals surface area contributed by atoms with Crippen molar-refractivity contribution in [3.05, 3.63) is 0 Å². The van der Waals surface area contributed by atoms with Crippen LogP contribution in [-0.4, -0.2) is 138 Å². The molecule has 0 aliphatic carbocycles. The van der Waals surface area contributed by atoms with E-state index in [9.17, 15) is 33.6 Å². The van der Waals surface area contributed by atoms with Crippen LogP contribution in [0.25, 0.3) is 0 Å². The first kappa shape index (κ1) is 61.0. The van der Waals surface area contributed by atoms with Crippen molar-refractivity contribution in [2.24, 2.45) is 57.7 Å². The fourth-order valence-corrected chi connectivity index (χ4v) is 2.36. The van der Waals surface area contributed by atoms with Gasteiger partial charge in [-0.1, -0.05) is 34.1 Å². The summed E-state index contributed by atoms with van der Waals surface area (Å²) in [6, 6.07) is -5.41. The highest BCUT2D eigenvalue weighted by molar-refractivity contribution is 5.77. The Kier molecular flexibility index (Phi) is 41.8. The molecule has 0 aliphatic heterocycles. The van der Waals surface area contributed by atoms with Gasteiger partial charge in [0.25, 0.3) is 0 Å². The van der Waals surface area contributed by atoms with Crippen molar-refractivity contribution in [3.63, 3.8) is 0 Å². The van der Waals surface area contributed by atoms with E-state index in [2.05, 4.69) is 0 Å². The van der Waals surface area contributed by atoms with Gasteiger partial charge in [0.1, 0.15) is 36.3 Å². The first-order valence-corrected chi connectivity index (χ1v) is 16.2. The second-order valence-electron chi connectivity index (χ2n) is 12.1. The molecule has 0 saturated carbocycles. The Morgan fingerprint density at radius 2 is 0.811 bits per heavy atom. The van der Waals surface area contributed by atoms with Gasteiger partial charge in [0.05, 0.1) is 12.2 Å². The summed E-state index contributed by atoms with van der Waals surface area (Å²) in [5.74, 6) is -6.40. The molecule has 0 aromatic rings. The van der Waals surface area contributed by atoms with Crippen LogP contribution in [-0.2, 0) is 33.6 Å². The number of unbranched alkanes of at least 4 members (excludes halogenated alkanes) is 1. The lowest BCUT2D eigenvalue weighted by atomic mass is 10.1. The zero-order chi connectivity index (χ0) is 43.8. The maximum Gasteiger partial charge on any atom is 0.323 e. The number of hydrogen-bond acceptors (Lipinski definition) is 16. The third-order valence-corrected chi connectivity index (χ3v) is 5.96. The summed E-state index contributed by atoms with van der Waals surface area (Å²) in [7, 11) is 0. The second kappa shape index (κ2) is 36.3. The van der Waals surface area contributed by atoms with Gasteiger partial charge in [-0.25, -0.2) is 0 Å². The molecule has 0 aromatic heterocycles. The number of amides is 1. The van der Waals surface area contributed by atoms with Crippen LogP contribution in [0, 0.1) is 11.8 Å². The summed E-state index contributed by atoms with van der Waals surface area (Å²) in [5, 5.41) is 66.2. The number of nitrogens with two attached hydrogens (primary N) is 8. The molecule has 8 atom stereocenters. The van der Waals surface area contributed by atoms with E-state index in [1.54, 1.807) is 13.8 Å². The number of carbonyl (C=O) groups is 7. The summed E-state index contributed by atoms with van der Waals surface area (Å²) in [6.07, 6.45) is 0.880. The van der Waals surface area contributed by atoms with Gasteiger partial charge in [0.2, 0.25) is 5.91 Å². The van der Waals surface area contributed by atoms with E-state index >= 15 is 0 Å². The van der Waals surface area contributed by atoms with Crippen LogP contribution in [0.1, 0.15) is 80.1 Å². The van der Waals surface area contributed by atoms with Gasteiger partial charge in [0.15, 0.2) is 0 Å². The number of aliphatic hydroxyl groups excluding tert-OH is 2. The van der Waals surface area contributed by atoms with Gasteiger partial charge in [0, 0.05) is 6.42 Å². The van der Waals surface area contributed by atoms with Gasteiger partial charge in [-0.15, -0.1) is 0 Å². The molecule has 0 unspecified atom stereocenters. The minimum Gasteiger partial charge on any atom is -0.480 e. The first-order chi connectivity index (χ1) is 23.9. The normalized spacial score (nSPS) is 14.5. The second-order valence-corrected chi connectivity index (χ2v) is 12.1. The Balaban J connectivity index is -0.000000125. The average molecular weight is 779 g/mol. The first-order valence-electron chi connectivity index (χ1n) is 16.2. The van der Waals surface area contributed by atoms with Crippen molar-refractivity contribution < 1.29 is 74.4 Å². The minimum atomic E-state index is -1.18. The van der Waals surface area contributed by atoms with Crippen LogP contribution in [0.15, 0.2) is 0 Å². The average Bonchev–Trinajstić information content (AvgIpc) is 3.03. The van der Waals surface area contributed by atoms with E-state index in [0.717, 1.165) is 12.8 Å². The molecule has 24 N–H and O–H groups in total. The van der Waals surface area contributed by atoms with Gasteiger partial charge >= 0.3 is 35.8 Å². The zero-order valence-electron chi connectivity index (χ0n) is 31.3. The number of carbonyl (C=O) groups excluding carboxylic acids is 1. The number of carboxylic acid groups (broad SMARTS) is 6. The standard InChI is InChI=1S/C6H14N2O2.C6H13NO2.C5H10N2O3.C5H11NO2.2C4H9NO3/c7-4-2-1-3-5(8)6(9)10;1-4(2)3-5(7)6(8)9;6-3(5(9)10)1-2-4(7)8;1-3(2)4(6)5(7)8;2*1-2(6)3(5)4(7)8/h5H,1-4,7-8H2,(H,9,10);4-5H,3,7H2,1-2H3,(H,8,9);3H,1-2,6H2,(H2,7,8)(H,9,10);3-4H,6H2,1-2H3,(H,7,8);2*2-3,6H,5H2,1H3,(H,7,8)/t2*5-;3-;4-;2*2-,3+/m000011/s1. The Morgan fingerprint density at radius 1 is 0.491 bits per heavy atom. The van der Waals surface area contributed by atoms with Gasteiger partial charge in [-0.2, -0.15) is 0 Å². The maximum absolute atomic E-state index is 10.1. The van der Waals surface area contributed by atoms with Crippen LogP contribution < -0.4 is 45.9 Å². The Morgan fingerprint density at radius 3 is 0.962 bits per heavy atom. The SMILES string of the molecule is CC(C)C[C@H](N)C(=O)O.CC(C)[C@H](N)C(=O)O.C[C@@H](O)[C@H](N)C(=O)O.C[C@@H](O)[C@H](N)C(=O)O.NC(=O)CC[C@H](N)C(=O)O.NCCCC[C@H](N)C(=O)O. The summed E-state index contributed by atoms with van der Waals surface area (Å²) < 4.78 is 0. The molecule has 1 amide bonds. The molecule has 0 spiro atoms. The van der Waals surface area contributed by atoms with Crippen molar-refractivity contribution in [1.82, 2.24) is 0 Å². The molecule has 0 fully saturated rings. The Bertz CT molecular complexity index is 977. The lowest BCUT2D eigenvalue weighted by Gasteiger charge is -2.07. The Labute approximate surface area is 309 Å². The predicted octanol–water partition coefficient (Wildman–Crippen LogP) is -3.75. The third-order valence-electron chi connectivity index (χ3n) is 5.96. The smallest absolute Gasteiger partial charge is 0.323 e. The molecule has 0 saturated heterocycles. The predicted molar refractivity (Wildman–Crippen MR) is 193 cm³/mol. The number of carboxylic acids is 6. The van der Waals surface area contributed by atoms with Crippen LogP contribution >= 0.6 is 0 Å². The van der Waals surface area contributed by atoms with Gasteiger partial charge in [-0.05, 0) is 57.9 Å². The highest BCUT2D eigenvalue weighted by atomic mass is 16.4. The molecule has 53 heavy (non-hydrogen) atoms. The molecule has 0 radical (unpaired) electrons. The molecule has 0 aliphatic rings. The number of aliphatic carboxylic acids is 6. The van der Waals surface area contributed by atoms with Crippen molar-refractivity contribution in [2.75, 3.05) is 6.54 Å². The zero-order valence-corrected chi connectivity index (χ0v) is 31.3. The molecule has 0 bridgehead atoms. The third kappa shape index (κ3) is 47.9. The van der Waals surface area contributed by atoms with Crippen LogP contribution in [0.4, 0.5) is 0 Å². The summed E-state index contributed by atoms with van der Waals surface area (Å²) in [6.45, 7) is 10.7. The Hall–Kier alpha value is -4.07. The van der Waals surface area contributed by atoms with E-state index in [4.69, 9.17) is 86.7 Å². The fraction of sp³-hybridized carbons (Fsp3) is 0.767. The van der Waals surface area contributed by atoms with Gasteiger partial charge in [-0.3, -0.25) is 33.6 Å². The molecule has 23 heteroatoms. The summed E-state index contributed by atoms with van der Waals surface area (Å²) in [5.41, 5.74) is 40.4. The highest BCUT2D eigenvalue weighted by Crippen LogP contribution is 2.02. The maximum atomic E-state index is 10.1. The van der Waals surface area contributed by atoms with Crippen molar-refractivity contribution in [2.45, 2.75) is 129 Å². The van der Waals surface area contributed by atoms with Crippen LogP contribution in [0.3, 0.4) is 0 Å². The van der Waals surface area contributed by atoms with Gasteiger partial charge < -0.3 is 86.7 Å². The van der Waals surface area contributed by atoms with E-state index in [0.29, 0.717) is 25.3 Å². The monoisotopic (exact) mass is 778 g/mol. The van der Waals surface area contributed by atoms with E-state index in [1.165, 1.54) is 13.8 Å². The minimum absolute atomic E-state index is 0.0208. The number of rotatable bonds is 18. The van der Waals surface area contributed by atoms with E-state index in [-0.39, 0.29) is 18.8 Å². The summed E-state index contributed by atoms with van der Waals surface area (Å²) in [4.78, 5) is 70.1. The number of primary amides is 1. The fourth-order valence-electron chi connectivity index (χ4n) is 2.36. The summed E-state index contributed by atoms with van der Waals surface area (Å²) >= 11 is 0. The molecule has 0 heterocycles. The molecule has 316 valence electrons. The van der Waals surface area contributed by atoms with Crippen LogP contribution in [0.5, 0.6) is 0 Å². The van der Waals surface area contributed by atoms with Crippen molar-refractivity contribution in [3.8, 4) is 0 Å². The molecule has 0 rings (SSSR count). The largest absolute Gasteiger partial charge is 0.480 e. The molecule has 0 aromatic carbocycles. The molecular weight excluding hydrogens is 712 g/mol. The van der Waals surface area contributed by atoms with Crippen molar-refractivity contribution >= 4 is 41.7 Å². The van der Waals surface area contributed by atoms with E-state index < -0.39 is 90.2 Å². The quantitative estimate of drug-likeness (QED) is 0.0594.